The van der Waals surface area contributed by atoms with E-state index in [4.69, 9.17) is 21.1 Å². The molecule has 18 heteroatoms. The summed E-state index contributed by atoms with van der Waals surface area (Å²) >= 11 is 6.50. The van der Waals surface area contributed by atoms with Crippen LogP contribution in [0.5, 0.6) is 11.5 Å². The monoisotopic (exact) mass is 984 g/mol. The molecule has 4 aromatic carbocycles. The number of amides is 2. The number of sulfonamides is 1. The molecule has 16 nitrogen and oxygen atoms in total. The lowest BCUT2D eigenvalue weighted by Crippen LogP contribution is -2.47. The number of pyridine rings is 1. The normalized spacial score (nSPS) is 15.6. The van der Waals surface area contributed by atoms with Gasteiger partial charge in [0.05, 0.1) is 21.6 Å². The summed E-state index contributed by atoms with van der Waals surface area (Å²) in [7, 11) is -4.59. The third-order valence-electron chi connectivity index (χ3n) is 13.2. The molecule has 2 aromatic heterocycles. The van der Waals surface area contributed by atoms with Crippen molar-refractivity contribution in [2.24, 2.45) is 5.92 Å². The van der Waals surface area contributed by atoms with E-state index in [1.165, 1.54) is 41.6 Å². The molecule has 2 aliphatic heterocycles. The zero-order valence-corrected chi connectivity index (χ0v) is 40.2. The second kappa shape index (κ2) is 20.9. The molecule has 4 N–H and O–H groups in total. The average molecular weight is 986 g/mol. The molecular formula is C52H53ClN8O8S. The van der Waals surface area contributed by atoms with Crippen LogP contribution in [-0.4, -0.2) is 92.5 Å². The van der Waals surface area contributed by atoms with Gasteiger partial charge in [0.25, 0.3) is 21.6 Å². The van der Waals surface area contributed by atoms with Crippen LogP contribution in [0.4, 0.5) is 22.7 Å². The number of hydrogen-bond acceptors (Lipinski definition) is 12. The number of carbonyl (C=O) groups is 2. The summed E-state index contributed by atoms with van der Waals surface area (Å²) in [5, 5.41) is 19.6. The number of aromatic nitrogens is 2. The minimum atomic E-state index is -4.59. The van der Waals surface area contributed by atoms with Gasteiger partial charge >= 0.3 is 0 Å². The molecule has 2 saturated heterocycles. The Morgan fingerprint density at radius 2 is 1.79 bits per heavy atom. The van der Waals surface area contributed by atoms with Crippen molar-refractivity contribution < 1.29 is 32.4 Å². The largest absolute Gasteiger partial charge is 0.455 e. The molecule has 4 heterocycles. The third-order valence-corrected chi connectivity index (χ3v) is 14.7. The number of halogens is 1. The van der Waals surface area contributed by atoms with Gasteiger partial charge < -0.3 is 30.0 Å². The number of hydrogen-bond donors (Lipinski definition) is 4. The Morgan fingerprint density at radius 3 is 2.56 bits per heavy atom. The average Bonchev–Trinajstić information content (AvgIpc) is 3.84. The highest BCUT2D eigenvalue weighted by atomic mass is 35.5. The Balaban J connectivity index is 0.950. The topological polar surface area (TPSA) is 201 Å². The summed E-state index contributed by atoms with van der Waals surface area (Å²) in [6, 6.07) is 24.3. The number of benzene rings is 4. The van der Waals surface area contributed by atoms with Crippen LogP contribution < -0.4 is 25.0 Å². The van der Waals surface area contributed by atoms with Crippen LogP contribution in [0.1, 0.15) is 58.8 Å². The number of nitrogens with zero attached hydrogens (tertiary/aromatic N) is 4. The van der Waals surface area contributed by atoms with Crippen LogP contribution in [0.15, 0.2) is 120 Å². The molecule has 0 saturated carbocycles. The maximum Gasteiger partial charge on any atom is 0.293 e. The Hall–Kier alpha value is -7.05. The van der Waals surface area contributed by atoms with Gasteiger partial charge in [0.15, 0.2) is 0 Å². The van der Waals surface area contributed by atoms with E-state index in [-0.39, 0.29) is 28.8 Å². The lowest BCUT2D eigenvalue weighted by atomic mass is 9.80. The van der Waals surface area contributed by atoms with Crippen LogP contribution in [0.3, 0.4) is 0 Å². The van der Waals surface area contributed by atoms with Crippen molar-refractivity contribution in [2.75, 3.05) is 68.0 Å². The number of aromatic amines is 1. The fraction of sp³-hybridized carbons (Fsp3) is 0.288. The zero-order valence-electron chi connectivity index (χ0n) is 38.6. The van der Waals surface area contributed by atoms with Crippen LogP contribution in [-0.2, 0) is 32.4 Å². The van der Waals surface area contributed by atoms with E-state index < -0.39 is 31.4 Å². The van der Waals surface area contributed by atoms with Crippen LogP contribution >= 0.6 is 11.6 Å². The molecule has 362 valence electrons. The van der Waals surface area contributed by atoms with Gasteiger partial charge in [0.1, 0.15) is 22.8 Å². The third kappa shape index (κ3) is 10.7. The molecule has 3 aliphatic rings. The van der Waals surface area contributed by atoms with Crippen molar-refractivity contribution in [1.29, 1.82) is 0 Å². The molecule has 0 atom stereocenters. The highest BCUT2D eigenvalue weighted by Gasteiger charge is 2.29. The maximum absolute atomic E-state index is 14.0. The molecule has 9 rings (SSSR count). The van der Waals surface area contributed by atoms with E-state index in [1.54, 1.807) is 24.4 Å². The number of H-pyrrole nitrogens is 1. The van der Waals surface area contributed by atoms with Gasteiger partial charge in [0, 0.05) is 92.6 Å². The van der Waals surface area contributed by atoms with E-state index in [2.05, 4.69) is 66.8 Å². The lowest BCUT2D eigenvalue weighted by molar-refractivity contribution is -0.384. The second-order valence-electron chi connectivity index (χ2n) is 17.6. The number of anilines is 3. The smallest absolute Gasteiger partial charge is 0.293 e. The van der Waals surface area contributed by atoms with Crippen molar-refractivity contribution in [3.8, 4) is 11.5 Å². The van der Waals surface area contributed by atoms with Crippen molar-refractivity contribution in [3.05, 3.63) is 159 Å². The first-order valence-corrected chi connectivity index (χ1v) is 25.2. The molecular weight excluding hydrogens is 932 g/mol. The number of aryl methyl sites for hydroxylation is 2. The molecule has 0 unspecified atom stereocenters. The maximum atomic E-state index is 14.0. The molecule has 1 aliphatic carbocycles. The van der Waals surface area contributed by atoms with Gasteiger partial charge in [-0.05, 0) is 138 Å². The van der Waals surface area contributed by atoms with E-state index in [9.17, 15) is 28.1 Å². The molecule has 2 fully saturated rings. The standard InChI is InChI=1S/C52H53ClN8O8S/c1-3-34-25-38(53)7-11-43(34)50-37(6-5-35-26-39(8-12-44(35)50)57-49(62)4-2)32-59-19-21-60(22-20-59)40-9-13-45(48(28-40)69-41-27-36-15-18-54-51(36)56-31-41)52(63)58-70(66,67)42-10-14-46(47(29-42)61(64)65)55-30-33-16-23-68-24-17-33/h4,7-15,18,25-29,31,33,55H,2-3,5-6,16-17,19-24,30,32H2,1H3,(H,54,56)(H,57,62)(H,58,63). The number of rotatable bonds is 16. The number of ether oxygens (including phenoxy) is 2. The number of carbonyl (C=O) groups excluding carboxylic acids is 2. The highest BCUT2D eigenvalue weighted by molar-refractivity contribution is 7.90. The minimum absolute atomic E-state index is 0.0646. The lowest BCUT2D eigenvalue weighted by Gasteiger charge is -2.38. The van der Waals surface area contributed by atoms with Crippen LogP contribution in [0.25, 0.3) is 16.6 Å². The first kappa shape index (κ1) is 48.0. The molecule has 0 bridgehead atoms. The van der Waals surface area contributed by atoms with Crippen molar-refractivity contribution in [1.82, 2.24) is 19.6 Å². The Bertz CT molecular complexity index is 3140. The summed E-state index contributed by atoms with van der Waals surface area (Å²) < 4.78 is 41.4. The summed E-state index contributed by atoms with van der Waals surface area (Å²) in [6.07, 6.45) is 8.61. The molecule has 70 heavy (non-hydrogen) atoms. The number of nitrogens with one attached hydrogen (secondary N) is 4. The highest BCUT2D eigenvalue weighted by Crippen LogP contribution is 2.40. The molecule has 6 aromatic rings. The number of piperazine rings is 1. The predicted molar refractivity (Wildman–Crippen MR) is 271 cm³/mol. The van der Waals surface area contributed by atoms with Crippen LogP contribution in [0.2, 0.25) is 5.02 Å². The van der Waals surface area contributed by atoms with Gasteiger partial charge in [-0.15, -0.1) is 0 Å². The predicted octanol–water partition coefficient (Wildman–Crippen LogP) is 9.13. The van der Waals surface area contributed by atoms with Crippen molar-refractivity contribution >= 4 is 72.8 Å². The SMILES string of the molecule is C=CC(=O)Nc1ccc2c(c1)CCC(CN1CCN(c3ccc(C(=O)NS(=O)(=O)c4ccc(NCC5CCOCC5)c([N+](=O)[O-])c4)c(Oc4cnc5[nH]ccc5c4)c3)CC1)=C2c1ccc(Cl)cc1CC. The minimum Gasteiger partial charge on any atom is -0.455 e. The summed E-state index contributed by atoms with van der Waals surface area (Å²) in [5.41, 5.74) is 8.94. The summed E-state index contributed by atoms with van der Waals surface area (Å²) in [5.74, 6) is -0.555. The molecule has 2 amide bonds. The van der Waals surface area contributed by atoms with Gasteiger partial charge in [-0.2, -0.15) is 0 Å². The molecule has 0 radical (unpaired) electrons. The van der Waals surface area contributed by atoms with Crippen molar-refractivity contribution in [2.45, 2.75) is 43.9 Å². The van der Waals surface area contributed by atoms with Gasteiger partial charge in [0.2, 0.25) is 5.91 Å². The fourth-order valence-electron chi connectivity index (χ4n) is 9.45. The van der Waals surface area contributed by atoms with Gasteiger partial charge in [-0.25, -0.2) is 18.1 Å². The van der Waals surface area contributed by atoms with E-state index in [1.807, 2.05) is 24.3 Å². The first-order valence-electron chi connectivity index (χ1n) is 23.3. The van der Waals surface area contributed by atoms with E-state index in [0.717, 1.165) is 96.8 Å². The Labute approximate surface area is 410 Å². The van der Waals surface area contributed by atoms with Gasteiger partial charge in [-0.3, -0.25) is 24.6 Å². The molecule has 0 spiro atoms. The quantitative estimate of drug-likeness (QED) is 0.0408. The Kier molecular flexibility index (Phi) is 14.3. The zero-order chi connectivity index (χ0) is 48.9. The van der Waals surface area contributed by atoms with Crippen molar-refractivity contribution in [3.63, 3.8) is 0 Å². The summed E-state index contributed by atoms with van der Waals surface area (Å²) in [4.78, 5) is 49.4. The summed E-state index contributed by atoms with van der Waals surface area (Å²) in [6.45, 7) is 10.9. The van der Waals surface area contributed by atoms with Crippen LogP contribution in [0, 0.1) is 16.0 Å². The number of nitro groups is 1. The Morgan fingerprint density at radius 1 is 0.986 bits per heavy atom. The number of fused-ring (bicyclic) bond motifs is 2. The first-order chi connectivity index (χ1) is 33.8. The number of nitro benzene ring substituents is 1. The van der Waals surface area contributed by atoms with Gasteiger partial charge in [-0.1, -0.05) is 37.2 Å². The van der Waals surface area contributed by atoms with E-state index in [0.29, 0.717) is 49.3 Å². The fourth-order valence-corrected chi connectivity index (χ4v) is 10.6. The second-order valence-corrected chi connectivity index (χ2v) is 19.8. The van der Waals surface area contributed by atoms with E-state index >= 15 is 0 Å².